The SMILES string of the molecule is CC(=O)CCl.CC1(Cc2c(N)nc(-c3ccccc3)[nH]c2=O)OCCO1.Cc1cc2c(=O)[nH]c(-c3ccccc3)nc2[nH]1.Cc1cc2c(Cl)nc(-c3ccccc3)nc2[nH]1.Cc1cc2c(NC3CCC(O)CC3)nc(-c3ccccc3)nc2[nH]1.Cl.Cl.Cl.N=C(N)c1ccccc1.[C-]#[N+]C(CC(C)=O)C(=O)OCC.[C-]#[N+]C(CC1(C)OCCO1)C(=O)OCC.[C-]#[N+]CC(=O)OCC. The maximum atomic E-state index is 12.3. The number of nitrogen functional groups attached to an aromatic ring is 2. The maximum Gasteiger partial charge on any atom is 0.390 e. The average molecular weight is 1900 g/mol. The Balaban J connectivity index is 0.000000316. The maximum absolute atomic E-state index is 12.3. The van der Waals surface area contributed by atoms with E-state index in [-0.39, 0.29) is 123 Å². The molecule has 2 unspecified atom stereocenters. The fourth-order valence-corrected chi connectivity index (χ4v) is 12.7. The van der Waals surface area contributed by atoms with E-state index in [1.165, 1.54) is 13.8 Å². The Bertz CT molecular complexity index is 5880. The molecule has 38 heteroatoms. The van der Waals surface area contributed by atoms with Crippen molar-refractivity contribution in [3.05, 3.63) is 258 Å². The normalized spacial score (nSPS) is 14.2. The molecule has 0 radical (unpaired) electrons. The minimum absolute atomic E-state index is 0. The highest BCUT2D eigenvalue weighted by Crippen LogP contribution is 2.32. The average Bonchev–Trinajstić information content (AvgIpc) is 1.71. The molecular formula is C93H109Cl5N18O15. The van der Waals surface area contributed by atoms with Crippen molar-refractivity contribution >= 4 is 140 Å². The Morgan fingerprint density at radius 3 is 1.39 bits per heavy atom. The van der Waals surface area contributed by atoms with Gasteiger partial charge in [-0.1, -0.05) is 163 Å². The Labute approximate surface area is 787 Å². The summed E-state index contributed by atoms with van der Waals surface area (Å²) >= 11 is 11.1. The highest BCUT2D eigenvalue weighted by atomic mass is 35.5. The number of aryl methyl sites for hydroxylation is 3. The molecule has 33 nitrogen and oxygen atoms in total. The summed E-state index contributed by atoms with van der Waals surface area (Å²) in [4.78, 5) is 128. The van der Waals surface area contributed by atoms with Crippen LogP contribution in [0.3, 0.4) is 0 Å². The summed E-state index contributed by atoms with van der Waals surface area (Å²) in [5.41, 5.74) is 20.9. The number of nitrogens with zero attached hydrogens (tertiary/aromatic N) is 9. The topological polar surface area (TPSA) is 462 Å². The number of hydrogen-bond acceptors (Lipinski definition) is 24. The van der Waals surface area contributed by atoms with Crippen molar-refractivity contribution in [2.75, 3.05) is 69.7 Å². The minimum Gasteiger partial charge on any atom is -0.460 e. The van der Waals surface area contributed by atoms with Crippen molar-refractivity contribution in [2.45, 2.75) is 150 Å². The third-order valence-electron chi connectivity index (χ3n) is 18.6. The molecule has 696 valence electrons. The van der Waals surface area contributed by atoms with Gasteiger partial charge >= 0.3 is 36.5 Å². The van der Waals surface area contributed by atoms with E-state index in [1.807, 2.05) is 178 Å². The number of carbonyl (C=O) groups is 5. The lowest BCUT2D eigenvalue weighted by Crippen LogP contribution is -2.34. The van der Waals surface area contributed by atoms with Crippen LogP contribution >= 0.6 is 60.4 Å². The first-order valence-electron chi connectivity index (χ1n) is 41.0. The second-order valence-electron chi connectivity index (χ2n) is 29.2. The van der Waals surface area contributed by atoms with Crippen LogP contribution in [0.1, 0.15) is 115 Å². The number of fused-ring (bicyclic) bond motifs is 3. The number of ether oxygens (including phenoxy) is 7. The van der Waals surface area contributed by atoms with E-state index in [0.29, 0.717) is 78.3 Å². The number of halogens is 5. The number of benzene rings is 5. The highest BCUT2D eigenvalue weighted by molar-refractivity contribution is 6.34. The van der Waals surface area contributed by atoms with Crippen LogP contribution in [0.4, 0.5) is 11.6 Å². The van der Waals surface area contributed by atoms with Gasteiger partial charge in [0, 0.05) is 57.4 Å². The van der Waals surface area contributed by atoms with Crippen LogP contribution in [0.25, 0.3) is 93.2 Å². The number of aliphatic hydroxyl groups excluding tert-OH is 1. The van der Waals surface area contributed by atoms with Gasteiger partial charge in [-0.25, -0.2) is 64.0 Å². The van der Waals surface area contributed by atoms with Crippen molar-refractivity contribution in [3.63, 3.8) is 0 Å². The smallest absolute Gasteiger partial charge is 0.390 e. The molecule has 0 bridgehead atoms. The van der Waals surface area contributed by atoms with E-state index in [2.05, 4.69) is 85.2 Å². The van der Waals surface area contributed by atoms with Gasteiger partial charge in [0.25, 0.3) is 11.1 Å². The summed E-state index contributed by atoms with van der Waals surface area (Å²) < 4.78 is 35.5. The first kappa shape index (κ1) is 111. The number of ketones is 2. The lowest BCUT2D eigenvalue weighted by Gasteiger charge is -2.26. The number of hydrogen-bond donors (Lipinski definition) is 10. The van der Waals surface area contributed by atoms with Gasteiger partial charge < -0.3 is 94.5 Å². The van der Waals surface area contributed by atoms with E-state index in [1.54, 1.807) is 40.7 Å². The Kier molecular flexibility index (Phi) is 47.7. The van der Waals surface area contributed by atoms with E-state index in [4.69, 9.17) is 88.5 Å². The Morgan fingerprint density at radius 2 is 0.962 bits per heavy atom. The Hall–Kier alpha value is -12.8. The summed E-state index contributed by atoms with van der Waals surface area (Å²) in [6, 6.07) is 52.4. The van der Waals surface area contributed by atoms with Crippen molar-refractivity contribution in [3.8, 4) is 45.6 Å². The first-order valence-corrected chi connectivity index (χ1v) is 41.9. The standard InChI is InChI=1S/C19H22N4O.C15H17N3O3.C13H10ClN3.C13H11N3O.C10H15NO4.C8H11NO3.C7H8N2.C5H7NO2.C3H5ClO.3ClH/c1-12-11-16-18(20-12)22-17(13-5-3-2-4-6-13)23-19(16)21-14-7-9-15(24)10-8-14;1-15(20-7-8-21-15)9-11-12(16)17-13(18-14(11)19)10-5-3-2-4-6-10;1-8-7-10-11(14)16-12(17-13(10)15-8)9-5-3-2-4-6-9;1-8-7-10-12(14-8)15-11(16-13(10)17)9-5-3-2-4-6-9;1-4-13-9(12)8(11-3)7-10(2)14-5-6-15-10;1-4-12-8(11)7(9-3)5-6(2)10;8-7(9)6-4-2-1-3-5-6;1-3-8-5(7)4-6-2;1-3(5)2-4;;;/h2-6,11,14-15,24H,7-10H2,1H3,(H2,20,21,22,23);2-6H,7-9H2,1H3,(H3,16,17,18,19);2-7H,1H3,(H,15,16,17);2-7H,1H3,(H2,14,15,16,17);8H,4-7H2,1-2H3;7H,4-5H2,1-2H3;1-5H,(H3,8,9);3-4H2,1H3;2H2,1H3;3*1H. The molecule has 1 aliphatic carbocycles. The zero-order chi connectivity index (χ0) is 93.3. The molecule has 12 aromatic rings. The minimum atomic E-state index is -0.956. The van der Waals surface area contributed by atoms with Gasteiger partial charge in [0.15, 0.2) is 23.2 Å². The number of Topliss-reactive ketones (excluding diaryl/α,β-unsaturated/α-hetero) is 2. The van der Waals surface area contributed by atoms with E-state index < -0.39 is 41.6 Å². The van der Waals surface area contributed by atoms with Crippen molar-refractivity contribution in [1.29, 1.82) is 5.41 Å². The number of nitrogens with one attached hydrogen (secondary N) is 7. The van der Waals surface area contributed by atoms with Crippen molar-refractivity contribution in [2.24, 2.45) is 5.73 Å². The molecule has 5 aromatic carbocycles. The fraction of sp³-hybridized carbons (Fsp3) is 0.344. The third kappa shape index (κ3) is 36.2. The van der Waals surface area contributed by atoms with Crippen LogP contribution in [-0.4, -0.2) is 190 Å². The molecule has 12 N–H and O–H groups in total. The van der Waals surface area contributed by atoms with Gasteiger partial charge in [-0.2, -0.15) is 0 Å². The molecule has 15 rings (SSSR count). The van der Waals surface area contributed by atoms with E-state index >= 15 is 0 Å². The summed E-state index contributed by atoms with van der Waals surface area (Å²) in [5.74, 6) is 0.421. The summed E-state index contributed by atoms with van der Waals surface area (Å²) in [5, 5.41) is 23.3. The zero-order valence-corrected chi connectivity index (χ0v) is 78.1. The van der Waals surface area contributed by atoms with E-state index in [9.17, 15) is 38.7 Å². The number of alkyl halides is 1. The molecule has 9 heterocycles. The number of rotatable bonds is 20. The molecule has 0 amide bonds. The predicted molar refractivity (Wildman–Crippen MR) is 514 cm³/mol. The second kappa shape index (κ2) is 56.6. The van der Waals surface area contributed by atoms with Gasteiger partial charge in [-0.3, -0.25) is 24.6 Å². The number of aromatic amines is 5. The lowest BCUT2D eigenvalue weighted by atomic mass is 9.93. The number of amidine groups is 1. The van der Waals surface area contributed by atoms with Gasteiger partial charge in [0.1, 0.15) is 62.8 Å². The van der Waals surface area contributed by atoms with Crippen LogP contribution in [0, 0.1) is 45.9 Å². The molecule has 0 spiro atoms. The summed E-state index contributed by atoms with van der Waals surface area (Å²) in [6.45, 7) is 39.9. The number of esters is 3. The number of H-pyrrole nitrogens is 5. The fourth-order valence-electron chi connectivity index (χ4n) is 12.5. The summed E-state index contributed by atoms with van der Waals surface area (Å²) in [7, 11) is 0. The molecule has 7 aromatic heterocycles. The number of aliphatic hydroxyl groups is 1. The van der Waals surface area contributed by atoms with Crippen LogP contribution in [0.5, 0.6) is 0 Å². The van der Waals surface area contributed by atoms with Crippen molar-refractivity contribution in [1.82, 2.24) is 54.8 Å². The second-order valence-corrected chi connectivity index (χ2v) is 29.8. The van der Waals surface area contributed by atoms with Crippen LogP contribution in [-0.2, 0) is 63.6 Å². The molecule has 1 saturated carbocycles. The van der Waals surface area contributed by atoms with Gasteiger partial charge in [-0.15, -0.1) is 48.8 Å². The predicted octanol–water partition coefficient (Wildman–Crippen LogP) is 16.1. The van der Waals surface area contributed by atoms with Crippen molar-refractivity contribution < 1.29 is 62.2 Å². The van der Waals surface area contributed by atoms with Crippen LogP contribution in [0.2, 0.25) is 5.15 Å². The number of nitrogens with two attached hydrogens (primary N) is 2. The summed E-state index contributed by atoms with van der Waals surface area (Å²) in [6.07, 6.45) is 3.93. The van der Waals surface area contributed by atoms with Gasteiger partial charge in [0.2, 0.25) is 0 Å². The quantitative estimate of drug-likeness (QED) is 0.00644. The zero-order valence-electron chi connectivity index (χ0n) is 74.1. The first-order chi connectivity index (χ1) is 61.3. The van der Waals surface area contributed by atoms with E-state index in [0.717, 1.165) is 104 Å². The molecule has 131 heavy (non-hydrogen) atoms. The van der Waals surface area contributed by atoms with Crippen LogP contribution in [0.15, 0.2) is 179 Å². The largest absolute Gasteiger partial charge is 0.460 e. The molecular weight excluding hydrogens is 1790 g/mol. The Morgan fingerprint density at radius 1 is 0.557 bits per heavy atom. The molecule has 2 aliphatic heterocycles. The molecule has 2 atom stereocenters. The lowest BCUT2D eigenvalue weighted by molar-refractivity contribution is -0.162. The number of aromatic nitrogens is 11. The van der Waals surface area contributed by atoms with Gasteiger partial charge in [0.05, 0.1) is 92.8 Å². The van der Waals surface area contributed by atoms with Crippen LogP contribution < -0.4 is 27.9 Å². The molecule has 3 fully saturated rings. The molecule has 3 aliphatic rings. The highest BCUT2D eigenvalue weighted by Gasteiger charge is 2.41. The number of anilines is 2. The third-order valence-corrected chi connectivity index (χ3v) is 19.3. The van der Waals surface area contributed by atoms with Gasteiger partial charge in [-0.05, 0) is 113 Å². The monoisotopic (exact) mass is 1890 g/mol. The number of carbonyl (C=O) groups excluding carboxylic acids is 5. The molecule has 2 saturated heterocycles.